The van der Waals surface area contributed by atoms with E-state index >= 15 is 0 Å². The number of hydrogen-bond acceptors (Lipinski definition) is 22. The molecule has 0 bridgehead atoms. The molecule has 0 unspecified atom stereocenters. The van der Waals surface area contributed by atoms with E-state index < -0.39 is 75.3 Å². The van der Waals surface area contributed by atoms with Crippen LogP contribution in [0.4, 0.5) is 13.2 Å². The SMILES string of the molecule is C.CC(C)(C)[S@](=O)CCc1cc(Cl)ccn1.CCOC(=O)Cc1cc(F)ccc1OCc1cc(-c2ccnc(CC[S@@](=O)C(C)(C)C)c2)c2oc(COC)cc2c1.CCOC(=O)Cc1cc(F)ccc1OCc1cc(B2OC(C)(C)C(C)(C)O2)c2oc(COC)cc2c1.COCc1cc2cc(COc3ccc(F)cc3CC(=O)O)cc(-c3ccnc(CN)c3)c2o1. The molecule has 1 fully saturated rings. The minimum atomic E-state index is -1.06. The van der Waals surface area contributed by atoms with E-state index in [0.717, 1.165) is 77.6 Å². The second kappa shape index (κ2) is 45.2. The van der Waals surface area contributed by atoms with Crippen LogP contribution in [0.1, 0.15) is 158 Å². The van der Waals surface area contributed by atoms with Gasteiger partial charge in [0.25, 0.3) is 0 Å². The van der Waals surface area contributed by atoms with Gasteiger partial charge in [0.2, 0.25) is 0 Å². The summed E-state index contributed by atoms with van der Waals surface area (Å²) in [5.74, 6) is 0.975. The Kier molecular flexibility index (Phi) is 35.6. The van der Waals surface area contributed by atoms with Crippen molar-refractivity contribution in [1.82, 2.24) is 15.0 Å². The molecule has 12 aromatic rings. The molecule has 0 aliphatic carbocycles. The third-order valence-electron chi connectivity index (χ3n) is 20.1. The number of aryl methyl sites for hydroxylation is 2. The lowest BCUT2D eigenvalue weighted by Gasteiger charge is -2.32. The van der Waals surface area contributed by atoms with E-state index in [4.69, 9.17) is 82.9 Å². The van der Waals surface area contributed by atoms with E-state index in [-0.39, 0.29) is 74.8 Å². The molecule has 126 heavy (non-hydrogen) atoms. The van der Waals surface area contributed by atoms with Gasteiger partial charge in [0.1, 0.15) is 108 Å². The summed E-state index contributed by atoms with van der Waals surface area (Å²) in [5.41, 5.74) is 17.2. The number of fused-ring (bicyclic) bond motifs is 3. The Morgan fingerprint density at radius 1 is 0.484 bits per heavy atom. The molecule has 0 saturated carbocycles. The van der Waals surface area contributed by atoms with Crippen LogP contribution in [0, 0.1) is 17.5 Å². The molecular weight excluding hydrogens is 1680 g/mol. The van der Waals surface area contributed by atoms with Crippen molar-refractivity contribution in [3.63, 3.8) is 0 Å². The molecule has 7 heterocycles. The number of aromatic nitrogens is 3. The third kappa shape index (κ3) is 27.7. The molecule has 23 nitrogen and oxygen atoms in total. The number of carboxylic acid groups (broad SMARTS) is 1. The summed E-state index contributed by atoms with van der Waals surface area (Å²) in [6.07, 6.45) is 5.92. The zero-order valence-electron chi connectivity index (χ0n) is 73.0. The number of pyridine rings is 3. The Labute approximate surface area is 743 Å². The van der Waals surface area contributed by atoms with Gasteiger partial charge in [-0.2, -0.15) is 0 Å². The van der Waals surface area contributed by atoms with Crippen LogP contribution in [-0.2, 0) is 147 Å². The topological polar surface area (TPSA) is 302 Å². The second-order valence-electron chi connectivity index (χ2n) is 32.5. The summed E-state index contributed by atoms with van der Waals surface area (Å²) >= 11 is 5.83. The Bertz CT molecular complexity index is 5770. The maximum atomic E-state index is 14.0. The van der Waals surface area contributed by atoms with Gasteiger partial charge in [0, 0.05) is 168 Å². The van der Waals surface area contributed by atoms with Crippen molar-refractivity contribution in [3.05, 3.63) is 254 Å². The fraction of sp³-hybridized carbons (Fsp3) is 0.375. The van der Waals surface area contributed by atoms with Crippen LogP contribution in [0.3, 0.4) is 0 Å². The molecule has 1 aliphatic heterocycles. The molecule has 6 aromatic carbocycles. The third-order valence-corrected chi connectivity index (χ3v) is 24.3. The molecule has 672 valence electrons. The minimum absolute atomic E-state index is 0. The number of nitrogens with zero attached hydrogens (tertiary/aromatic N) is 3. The summed E-state index contributed by atoms with van der Waals surface area (Å²) < 4.78 is 140. The highest BCUT2D eigenvalue weighted by Crippen LogP contribution is 2.40. The van der Waals surface area contributed by atoms with Crippen LogP contribution in [0.15, 0.2) is 177 Å². The number of esters is 2. The van der Waals surface area contributed by atoms with Gasteiger partial charge in [0.05, 0.1) is 49.4 Å². The predicted molar refractivity (Wildman–Crippen MR) is 484 cm³/mol. The average molecular weight is 1790 g/mol. The Hall–Kier alpha value is -10.6. The lowest BCUT2D eigenvalue weighted by Crippen LogP contribution is -2.41. The summed E-state index contributed by atoms with van der Waals surface area (Å²) in [5, 5.41) is 12.4. The maximum absolute atomic E-state index is 14.0. The number of nitrogens with two attached hydrogens (primary N) is 1. The number of rotatable bonds is 33. The maximum Gasteiger partial charge on any atom is 0.498 e. The van der Waals surface area contributed by atoms with Crippen LogP contribution < -0.4 is 25.4 Å². The first-order chi connectivity index (χ1) is 59.4. The number of furan rings is 3. The van der Waals surface area contributed by atoms with Gasteiger partial charge < -0.3 is 71.3 Å². The van der Waals surface area contributed by atoms with Crippen molar-refractivity contribution in [2.75, 3.05) is 46.0 Å². The number of aliphatic carboxylic acids is 1. The lowest BCUT2D eigenvalue weighted by molar-refractivity contribution is -0.143. The fourth-order valence-electron chi connectivity index (χ4n) is 13.3. The van der Waals surface area contributed by atoms with Crippen molar-refractivity contribution >= 4 is 96.6 Å². The first-order valence-electron chi connectivity index (χ1n) is 40.7. The Morgan fingerprint density at radius 2 is 0.849 bits per heavy atom. The largest absolute Gasteiger partial charge is 0.498 e. The van der Waals surface area contributed by atoms with Crippen molar-refractivity contribution in [1.29, 1.82) is 0 Å². The number of carboxylic acids is 1. The number of hydrogen-bond donors (Lipinski definition) is 2. The van der Waals surface area contributed by atoms with Crippen LogP contribution >= 0.6 is 11.6 Å². The van der Waals surface area contributed by atoms with Gasteiger partial charge in [-0.05, 0) is 250 Å². The van der Waals surface area contributed by atoms with Crippen LogP contribution in [0.2, 0.25) is 5.02 Å². The molecular formula is C96H111BClF3N4O19S2. The zero-order chi connectivity index (χ0) is 90.5. The van der Waals surface area contributed by atoms with Crippen LogP contribution in [0.5, 0.6) is 17.2 Å². The summed E-state index contributed by atoms with van der Waals surface area (Å²) in [4.78, 5) is 48.2. The molecule has 1 aliphatic rings. The van der Waals surface area contributed by atoms with E-state index in [0.29, 0.717) is 118 Å². The highest BCUT2D eigenvalue weighted by molar-refractivity contribution is 7.86. The van der Waals surface area contributed by atoms with Gasteiger partial charge in [0.15, 0.2) is 0 Å². The zero-order valence-corrected chi connectivity index (χ0v) is 75.4. The van der Waals surface area contributed by atoms with Crippen molar-refractivity contribution in [3.8, 4) is 39.5 Å². The van der Waals surface area contributed by atoms with Gasteiger partial charge in [-0.15, -0.1) is 0 Å². The molecule has 30 heteroatoms. The first-order valence-corrected chi connectivity index (χ1v) is 43.7. The number of carbonyl (C=O) groups excluding carboxylic acids is 2. The summed E-state index contributed by atoms with van der Waals surface area (Å²) in [6.45, 7) is 25.6. The van der Waals surface area contributed by atoms with Gasteiger partial charge in [-0.1, -0.05) is 25.1 Å². The highest BCUT2D eigenvalue weighted by atomic mass is 35.5. The first kappa shape index (κ1) is 99.2. The van der Waals surface area contributed by atoms with Crippen molar-refractivity contribution < 1.29 is 102 Å². The lowest BCUT2D eigenvalue weighted by atomic mass is 9.77. The monoisotopic (exact) mass is 1790 g/mol. The predicted octanol–water partition coefficient (Wildman–Crippen LogP) is 19.2. The highest BCUT2D eigenvalue weighted by Gasteiger charge is 2.52. The molecule has 13 rings (SSSR count). The molecule has 3 N–H and O–H groups in total. The number of ether oxygens (including phenoxy) is 8. The Balaban J connectivity index is 0.000000197. The summed E-state index contributed by atoms with van der Waals surface area (Å²) in [7, 11) is 2.37. The minimum Gasteiger partial charge on any atom is -0.489 e. The molecule has 0 spiro atoms. The number of benzene rings is 6. The van der Waals surface area contributed by atoms with Crippen molar-refractivity contribution in [2.45, 2.75) is 189 Å². The van der Waals surface area contributed by atoms with E-state index in [1.54, 1.807) is 59.8 Å². The van der Waals surface area contributed by atoms with Gasteiger partial charge in [-0.3, -0.25) is 37.8 Å². The van der Waals surface area contributed by atoms with E-state index in [1.807, 2.05) is 154 Å². The fourth-order valence-corrected chi connectivity index (χ4v) is 15.5. The number of methoxy groups -OCH3 is 3. The smallest absolute Gasteiger partial charge is 0.489 e. The second-order valence-corrected chi connectivity index (χ2v) is 37.6. The van der Waals surface area contributed by atoms with E-state index in [1.165, 1.54) is 54.6 Å². The summed E-state index contributed by atoms with van der Waals surface area (Å²) in [6, 6.07) is 40.8. The molecule has 0 amide bonds. The van der Waals surface area contributed by atoms with Gasteiger partial charge >= 0.3 is 25.0 Å². The van der Waals surface area contributed by atoms with E-state index in [9.17, 15) is 36.0 Å². The quantitative estimate of drug-likeness (QED) is 0.0285. The number of halogens is 4. The normalized spacial score (nSPS) is 13.3. The van der Waals surface area contributed by atoms with Crippen LogP contribution in [0.25, 0.3) is 55.2 Å². The molecule has 0 radical (unpaired) electrons. The molecule has 6 aromatic heterocycles. The average Bonchev–Trinajstić information content (AvgIpc) is 1.60. The van der Waals surface area contributed by atoms with Gasteiger partial charge in [-0.25, -0.2) is 13.2 Å². The molecule has 2 atom stereocenters. The standard InChI is InChI=1S/C32H36FNO6S.C27H32BFO7.C25H23FN2O5.C11H16ClNOS.CH4/c1-6-38-30(35)18-23-15-25(33)7-8-29(23)39-19-21-13-24-17-27(20-37-5)40-31(24)28(14-21)22-9-11-34-26(16-22)10-12-41(36)32(2,3)4;1-7-32-24(30)14-18-12-20(29)8-9-23(18)33-15-17-10-19-13-21(16-31-6)34-25(19)22(11-17)28-35-26(2,3)27(4,5)36-28;1-31-14-21-10-18-6-15(13-32-23-3-2-19(26)8-17(23)11-24(29)30)7-22(25(18)33-21)16-4-5-28-20(9-16)12-27;1-11(2,3)15(14)7-5-10-8-9(12)4-6-13-10;/h7-9,11,13-17H,6,10,12,18-20H2,1-5H3;8-13H,7,14-16H2,1-6H3;2-10H,11-14,27H2,1H3,(H,29,30);4,6,8H,5,7H2,1-3H3;1H4/t41-;;;15-;/m1..1./s1. The van der Waals surface area contributed by atoms with E-state index in [2.05, 4.69) is 15.0 Å². The van der Waals surface area contributed by atoms with Crippen molar-refractivity contribution in [2.24, 2.45) is 5.73 Å². The molecule has 1 saturated heterocycles. The number of carbonyl (C=O) groups is 3. The van der Waals surface area contributed by atoms with Crippen LogP contribution in [-0.4, -0.2) is 120 Å². The Morgan fingerprint density at radius 3 is 1.23 bits per heavy atom.